The third-order valence-corrected chi connectivity index (χ3v) is 4.37. The second-order valence-corrected chi connectivity index (χ2v) is 6.73. The summed E-state index contributed by atoms with van der Waals surface area (Å²) in [7, 11) is 0. The van der Waals surface area contributed by atoms with Gasteiger partial charge in [0.1, 0.15) is 0 Å². The average Bonchev–Trinajstić information content (AvgIpc) is 2.48. The molecule has 22 heavy (non-hydrogen) atoms. The lowest BCUT2D eigenvalue weighted by Crippen LogP contribution is -2.50. The van der Waals surface area contributed by atoms with Crippen molar-refractivity contribution in [3.63, 3.8) is 0 Å². The molecule has 0 saturated carbocycles. The smallest absolute Gasteiger partial charge is 0.238 e. The van der Waals surface area contributed by atoms with Crippen LogP contribution < -0.4 is 5.32 Å². The minimum Gasteiger partial charge on any atom is -0.325 e. The monoisotopic (exact) mass is 303 g/mol. The highest BCUT2D eigenvalue weighted by Gasteiger charge is 2.20. The van der Waals surface area contributed by atoms with Crippen LogP contribution in [0, 0.1) is 0 Å². The van der Waals surface area contributed by atoms with E-state index in [4.69, 9.17) is 0 Å². The van der Waals surface area contributed by atoms with E-state index < -0.39 is 0 Å². The van der Waals surface area contributed by atoms with Crippen LogP contribution in [-0.2, 0) is 4.79 Å². The number of hydrogen-bond donors (Lipinski definition) is 1. The summed E-state index contributed by atoms with van der Waals surface area (Å²) >= 11 is 0. The number of nitrogens with one attached hydrogen (secondary N) is 1. The lowest BCUT2D eigenvalue weighted by molar-refractivity contribution is -0.117. The minimum atomic E-state index is 0.0790. The fourth-order valence-electron chi connectivity index (χ4n) is 2.79. The fraction of sp³-hybridized carbons (Fsp3) is 0.611. The Bertz CT molecular complexity index is 474. The Morgan fingerprint density at radius 3 is 2.14 bits per heavy atom. The predicted octanol–water partition coefficient (Wildman–Crippen LogP) is 2.77. The van der Waals surface area contributed by atoms with Gasteiger partial charge in [-0.25, -0.2) is 0 Å². The van der Waals surface area contributed by atoms with Gasteiger partial charge in [0.2, 0.25) is 5.91 Å². The largest absolute Gasteiger partial charge is 0.325 e. The Hall–Kier alpha value is -1.39. The Labute approximate surface area is 134 Å². The molecule has 1 aromatic carbocycles. The van der Waals surface area contributed by atoms with Crippen LogP contribution in [0.1, 0.15) is 39.2 Å². The SMILES string of the molecule is CC(C)c1ccc(NC(=O)CN2CCN(C(C)C)CC2)cc1. The van der Waals surface area contributed by atoms with E-state index in [2.05, 4.69) is 54.9 Å². The van der Waals surface area contributed by atoms with Crippen LogP contribution in [0.4, 0.5) is 5.69 Å². The van der Waals surface area contributed by atoms with Crippen LogP contribution in [0.15, 0.2) is 24.3 Å². The van der Waals surface area contributed by atoms with Crippen LogP contribution in [0.2, 0.25) is 0 Å². The van der Waals surface area contributed by atoms with Gasteiger partial charge < -0.3 is 5.32 Å². The Morgan fingerprint density at radius 2 is 1.64 bits per heavy atom. The van der Waals surface area contributed by atoms with Crippen molar-refractivity contribution >= 4 is 11.6 Å². The van der Waals surface area contributed by atoms with Crippen LogP contribution in [-0.4, -0.2) is 54.5 Å². The molecule has 4 heteroatoms. The first-order valence-electron chi connectivity index (χ1n) is 8.32. The number of rotatable bonds is 5. The van der Waals surface area contributed by atoms with Crippen molar-refractivity contribution in [2.24, 2.45) is 0 Å². The maximum atomic E-state index is 12.1. The van der Waals surface area contributed by atoms with Crippen molar-refractivity contribution < 1.29 is 4.79 Å². The number of hydrogen-bond acceptors (Lipinski definition) is 3. The Morgan fingerprint density at radius 1 is 1.05 bits per heavy atom. The first-order valence-corrected chi connectivity index (χ1v) is 8.32. The number of carbonyl (C=O) groups is 1. The molecule has 122 valence electrons. The summed E-state index contributed by atoms with van der Waals surface area (Å²) in [6.07, 6.45) is 0. The molecule has 1 aromatic rings. The molecular formula is C18H29N3O. The molecule has 1 amide bonds. The van der Waals surface area contributed by atoms with E-state index in [0.29, 0.717) is 18.5 Å². The zero-order valence-corrected chi connectivity index (χ0v) is 14.3. The molecule has 0 aliphatic carbocycles. The minimum absolute atomic E-state index is 0.0790. The molecule has 0 unspecified atom stereocenters. The molecule has 0 spiro atoms. The number of nitrogens with zero attached hydrogens (tertiary/aromatic N) is 2. The quantitative estimate of drug-likeness (QED) is 0.908. The van der Waals surface area contributed by atoms with Gasteiger partial charge in [0.05, 0.1) is 6.54 Å². The molecule has 1 saturated heterocycles. The van der Waals surface area contributed by atoms with Crippen molar-refractivity contribution in [3.8, 4) is 0 Å². The standard InChI is InChI=1S/C18H29N3O/c1-14(2)16-5-7-17(8-6-16)19-18(22)13-20-9-11-21(12-10-20)15(3)4/h5-8,14-15H,9-13H2,1-4H3,(H,19,22). The lowest BCUT2D eigenvalue weighted by Gasteiger charge is -2.36. The van der Waals surface area contributed by atoms with Crippen molar-refractivity contribution in [2.45, 2.75) is 39.7 Å². The molecule has 1 fully saturated rings. The summed E-state index contributed by atoms with van der Waals surface area (Å²) in [5.41, 5.74) is 2.18. The molecular weight excluding hydrogens is 274 g/mol. The van der Waals surface area contributed by atoms with Crippen molar-refractivity contribution in [3.05, 3.63) is 29.8 Å². The van der Waals surface area contributed by atoms with E-state index in [9.17, 15) is 4.79 Å². The van der Waals surface area contributed by atoms with Crippen molar-refractivity contribution in [2.75, 3.05) is 38.0 Å². The summed E-state index contributed by atoms with van der Waals surface area (Å²) in [6.45, 7) is 13.3. The van der Waals surface area contributed by atoms with Crippen LogP contribution in [0.3, 0.4) is 0 Å². The van der Waals surface area contributed by atoms with Gasteiger partial charge in [-0.1, -0.05) is 26.0 Å². The molecule has 1 aliphatic rings. The molecule has 4 nitrogen and oxygen atoms in total. The highest BCUT2D eigenvalue weighted by molar-refractivity contribution is 5.92. The van der Waals surface area contributed by atoms with E-state index in [-0.39, 0.29) is 5.91 Å². The molecule has 0 atom stereocenters. The summed E-state index contributed by atoms with van der Waals surface area (Å²) in [5, 5.41) is 3.00. The van der Waals surface area contributed by atoms with Gasteiger partial charge in [-0.05, 0) is 37.5 Å². The summed E-state index contributed by atoms with van der Waals surface area (Å²) in [6, 6.07) is 8.74. The Kier molecular flexibility index (Phi) is 5.98. The first-order chi connectivity index (χ1) is 10.5. The molecule has 1 N–H and O–H groups in total. The molecule has 1 heterocycles. The van der Waals surface area contributed by atoms with Crippen LogP contribution in [0.5, 0.6) is 0 Å². The maximum absolute atomic E-state index is 12.1. The van der Waals surface area contributed by atoms with Gasteiger partial charge in [-0.3, -0.25) is 14.6 Å². The van der Waals surface area contributed by atoms with Crippen LogP contribution in [0.25, 0.3) is 0 Å². The predicted molar refractivity (Wildman–Crippen MR) is 92.3 cm³/mol. The zero-order chi connectivity index (χ0) is 16.1. The van der Waals surface area contributed by atoms with E-state index in [1.54, 1.807) is 0 Å². The van der Waals surface area contributed by atoms with E-state index >= 15 is 0 Å². The normalized spacial score (nSPS) is 17.2. The number of benzene rings is 1. The molecule has 0 radical (unpaired) electrons. The Balaban J connectivity index is 1.78. The topological polar surface area (TPSA) is 35.6 Å². The second kappa shape index (κ2) is 7.75. The first kappa shape index (κ1) is 17.0. The number of piperazine rings is 1. The number of amides is 1. The second-order valence-electron chi connectivity index (χ2n) is 6.73. The van der Waals surface area contributed by atoms with Crippen LogP contribution >= 0.6 is 0 Å². The summed E-state index contributed by atoms with van der Waals surface area (Å²) in [4.78, 5) is 16.8. The third kappa shape index (κ3) is 4.82. The van der Waals surface area contributed by atoms with Gasteiger partial charge in [-0.15, -0.1) is 0 Å². The van der Waals surface area contributed by atoms with Gasteiger partial charge in [0, 0.05) is 37.9 Å². The molecule has 2 rings (SSSR count). The molecule has 1 aliphatic heterocycles. The number of carbonyl (C=O) groups excluding carboxylic acids is 1. The highest BCUT2D eigenvalue weighted by Crippen LogP contribution is 2.17. The number of anilines is 1. The molecule has 0 aromatic heterocycles. The summed E-state index contributed by atoms with van der Waals surface area (Å²) < 4.78 is 0. The average molecular weight is 303 g/mol. The van der Waals surface area contributed by atoms with Gasteiger partial charge >= 0.3 is 0 Å². The van der Waals surface area contributed by atoms with Gasteiger partial charge in [0.15, 0.2) is 0 Å². The molecule has 0 bridgehead atoms. The lowest BCUT2D eigenvalue weighted by atomic mass is 10.0. The van der Waals surface area contributed by atoms with Gasteiger partial charge in [0.25, 0.3) is 0 Å². The van der Waals surface area contributed by atoms with Crippen molar-refractivity contribution in [1.29, 1.82) is 0 Å². The van der Waals surface area contributed by atoms with E-state index in [1.165, 1.54) is 5.56 Å². The zero-order valence-electron chi connectivity index (χ0n) is 14.3. The van der Waals surface area contributed by atoms with E-state index in [1.807, 2.05) is 12.1 Å². The third-order valence-electron chi connectivity index (χ3n) is 4.37. The van der Waals surface area contributed by atoms with E-state index in [0.717, 1.165) is 31.9 Å². The maximum Gasteiger partial charge on any atom is 0.238 e. The summed E-state index contributed by atoms with van der Waals surface area (Å²) in [5.74, 6) is 0.595. The van der Waals surface area contributed by atoms with Crippen molar-refractivity contribution in [1.82, 2.24) is 9.80 Å². The highest BCUT2D eigenvalue weighted by atomic mass is 16.2. The van der Waals surface area contributed by atoms with Gasteiger partial charge in [-0.2, -0.15) is 0 Å². The fourth-order valence-corrected chi connectivity index (χ4v) is 2.79.